The number of methoxy groups -OCH3 is 1. The zero-order valence-electron chi connectivity index (χ0n) is 22.6. The minimum Gasteiger partial charge on any atom is -0.396 e. The molecule has 0 aliphatic carbocycles. The molecule has 1 aromatic heterocycles. The molecule has 0 spiro atoms. The maximum atomic E-state index is 13.5. The number of carbonyl (C=O) groups excluding carboxylic acids is 1. The molecule has 37 heavy (non-hydrogen) atoms. The van der Waals surface area contributed by atoms with E-state index in [1.54, 1.807) is 13.2 Å². The quantitative estimate of drug-likeness (QED) is 0.386. The van der Waals surface area contributed by atoms with Crippen molar-refractivity contribution < 1.29 is 18.8 Å². The van der Waals surface area contributed by atoms with Crippen molar-refractivity contribution in [3.8, 4) is 23.1 Å². The van der Waals surface area contributed by atoms with E-state index < -0.39 is 15.7 Å². The van der Waals surface area contributed by atoms with Crippen LogP contribution in [0, 0.1) is 11.8 Å². The fourth-order valence-electron chi connectivity index (χ4n) is 4.21. The maximum absolute atomic E-state index is 13.5. The van der Waals surface area contributed by atoms with Crippen LogP contribution in [-0.4, -0.2) is 81.7 Å². The summed E-state index contributed by atoms with van der Waals surface area (Å²) < 4.78 is 20.0. The van der Waals surface area contributed by atoms with Crippen molar-refractivity contribution in [2.45, 2.75) is 44.5 Å². The summed E-state index contributed by atoms with van der Waals surface area (Å²) in [4.78, 5) is 19.8. The monoisotopic (exact) mass is 526 g/mol. The van der Waals surface area contributed by atoms with Gasteiger partial charge in [-0.2, -0.15) is 0 Å². The summed E-state index contributed by atoms with van der Waals surface area (Å²) in [5, 5.41) is 12.8. The van der Waals surface area contributed by atoms with Gasteiger partial charge in [0.2, 0.25) is 0 Å². The van der Waals surface area contributed by atoms with Crippen molar-refractivity contribution in [1.82, 2.24) is 19.5 Å². The molecule has 9 heteroatoms. The number of pyridine rings is 1. The Morgan fingerprint density at radius 2 is 2.08 bits per heavy atom. The Bertz CT molecular complexity index is 1200. The van der Waals surface area contributed by atoms with Gasteiger partial charge in [0.05, 0.1) is 29.6 Å². The summed E-state index contributed by atoms with van der Waals surface area (Å²) in [6.45, 7) is 7.56. The lowest BCUT2D eigenvalue weighted by molar-refractivity contribution is 0.0932. The number of nitrogens with zero attached hydrogens (tertiary/aromatic N) is 3. The van der Waals surface area contributed by atoms with Gasteiger partial charge in [-0.05, 0) is 65.0 Å². The van der Waals surface area contributed by atoms with Gasteiger partial charge in [0.25, 0.3) is 5.91 Å². The number of aliphatic hydroxyl groups is 1. The summed E-state index contributed by atoms with van der Waals surface area (Å²) in [5.41, 5.74) is 4.40. The van der Waals surface area contributed by atoms with Gasteiger partial charge in [0.15, 0.2) is 0 Å². The smallest absolute Gasteiger partial charge is 0.269 e. The molecule has 0 bridgehead atoms. The molecule has 2 aromatic rings. The zero-order valence-corrected chi connectivity index (χ0v) is 23.4. The van der Waals surface area contributed by atoms with E-state index in [1.165, 1.54) is 0 Å². The SMILES string of the molecule is COCCNC(=O)c1cc2c(c(-c3cccc(C#CCN(C)C)c3)n1)[C@@H](CCO)N(S(=O)C(C)(C)C)C2. The van der Waals surface area contributed by atoms with E-state index in [0.29, 0.717) is 44.0 Å². The molecule has 200 valence electrons. The van der Waals surface area contributed by atoms with Gasteiger partial charge in [0, 0.05) is 43.5 Å². The van der Waals surface area contributed by atoms with Gasteiger partial charge in [-0.3, -0.25) is 9.69 Å². The molecule has 0 radical (unpaired) electrons. The van der Waals surface area contributed by atoms with Gasteiger partial charge >= 0.3 is 0 Å². The lowest BCUT2D eigenvalue weighted by Crippen LogP contribution is -2.36. The first-order valence-electron chi connectivity index (χ1n) is 12.4. The van der Waals surface area contributed by atoms with Gasteiger partial charge in [-0.25, -0.2) is 13.5 Å². The number of rotatable bonds is 9. The highest BCUT2D eigenvalue weighted by atomic mass is 32.2. The maximum Gasteiger partial charge on any atom is 0.269 e. The minimum atomic E-state index is -1.32. The topological polar surface area (TPSA) is 95.0 Å². The van der Waals surface area contributed by atoms with Crippen LogP contribution >= 0.6 is 0 Å². The number of fused-ring (bicyclic) bond motifs is 1. The third kappa shape index (κ3) is 7.24. The molecule has 2 atom stereocenters. The van der Waals surface area contributed by atoms with Crippen LogP contribution in [0.5, 0.6) is 0 Å². The van der Waals surface area contributed by atoms with E-state index in [2.05, 4.69) is 17.2 Å². The normalized spacial score (nSPS) is 16.3. The van der Waals surface area contributed by atoms with E-state index in [9.17, 15) is 14.1 Å². The van der Waals surface area contributed by atoms with E-state index >= 15 is 0 Å². The molecular weight excluding hydrogens is 488 g/mol. The van der Waals surface area contributed by atoms with Crippen molar-refractivity contribution in [3.05, 3.63) is 52.7 Å². The van der Waals surface area contributed by atoms with Crippen LogP contribution in [0.15, 0.2) is 30.3 Å². The van der Waals surface area contributed by atoms with E-state index in [-0.39, 0.29) is 18.6 Å². The molecule has 3 rings (SSSR count). The molecule has 2 heterocycles. The molecule has 1 aromatic carbocycles. The average molecular weight is 527 g/mol. The number of hydrogen-bond acceptors (Lipinski definition) is 6. The summed E-state index contributed by atoms with van der Waals surface area (Å²) in [6, 6.07) is 9.28. The minimum absolute atomic E-state index is 0.0588. The van der Waals surface area contributed by atoms with E-state index in [4.69, 9.17) is 9.72 Å². The fourth-order valence-corrected chi connectivity index (χ4v) is 5.61. The van der Waals surface area contributed by atoms with E-state index in [0.717, 1.165) is 22.3 Å². The molecule has 0 fully saturated rings. The molecule has 1 aliphatic heterocycles. The number of benzene rings is 1. The van der Waals surface area contributed by atoms with Crippen LogP contribution in [0.4, 0.5) is 0 Å². The molecule has 1 unspecified atom stereocenters. The Morgan fingerprint density at radius 3 is 2.73 bits per heavy atom. The van der Waals surface area contributed by atoms with Crippen LogP contribution in [0.3, 0.4) is 0 Å². The third-order valence-corrected chi connectivity index (χ3v) is 7.74. The van der Waals surface area contributed by atoms with Crippen LogP contribution in [0.1, 0.15) is 60.4 Å². The van der Waals surface area contributed by atoms with Crippen molar-refractivity contribution in [1.29, 1.82) is 0 Å². The summed E-state index contributed by atoms with van der Waals surface area (Å²) in [7, 11) is 4.20. The molecule has 0 saturated heterocycles. The number of ether oxygens (including phenoxy) is 1. The summed E-state index contributed by atoms with van der Waals surface area (Å²) >= 11 is 0. The number of nitrogens with one attached hydrogen (secondary N) is 1. The van der Waals surface area contributed by atoms with Gasteiger partial charge in [-0.1, -0.05) is 24.0 Å². The highest BCUT2D eigenvalue weighted by Crippen LogP contribution is 2.44. The van der Waals surface area contributed by atoms with Crippen LogP contribution in [-0.2, 0) is 22.3 Å². The van der Waals surface area contributed by atoms with Crippen molar-refractivity contribution in [2.75, 3.05) is 47.5 Å². The average Bonchev–Trinajstić information content (AvgIpc) is 3.20. The van der Waals surface area contributed by atoms with Gasteiger partial charge in [-0.15, -0.1) is 0 Å². The summed E-state index contributed by atoms with van der Waals surface area (Å²) in [5.74, 6) is 6.06. The van der Waals surface area contributed by atoms with E-state index in [1.807, 2.05) is 68.3 Å². The Morgan fingerprint density at radius 1 is 1.32 bits per heavy atom. The summed E-state index contributed by atoms with van der Waals surface area (Å²) in [6.07, 6.45) is 0.408. The van der Waals surface area contributed by atoms with Crippen LogP contribution < -0.4 is 5.32 Å². The Balaban J connectivity index is 2.14. The van der Waals surface area contributed by atoms with Crippen LogP contribution in [0.25, 0.3) is 11.3 Å². The Labute approximate surface area is 223 Å². The largest absolute Gasteiger partial charge is 0.396 e. The van der Waals surface area contributed by atoms with Crippen LogP contribution in [0.2, 0.25) is 0 Å². The van der Waals surface area contributed by atoms with Gasteiger partial charge < -0.3 is 15.2 Å². The molecule has 2 N–H and O–H groups in total. The predicted octanol–water partition coefficient (Wildman–Crippen LogP) is 2.74. The number of amides is 1. The second kappa shape index (κ2) is 12.8. The first-order chi connectivity index (χ1) is 17.6. The number of aromatic nitrogens is 1. The number of hydrogen-bond donors (Lipinski definition) is 2. The van der Waals surface area contributed by atoms with Crippen molar-refractivity contribution in [2.24, 2.45) is 0 Å². The molecule has 8 nitrogen and oxygen atoms in total. The number of aliphatic hydroxyl groups excluding tert-OH is 1. The number of carbonyl (C=O) groups is 1. The third-order valence-electron chi connectivity index (χ3n) is 5.88. The first kappa shape index (κ1) is 29.0. The highest BCUT2D eigenvalue weighted by Gasteiger charge is 2.40. The van der Waals surface area contributed by atoms with Gasteiger partial charge in [0.1, 0.15) is 16.7 Å². The molecule has 0 saturated carbocycles. The second-order valence-corrected chi connectivity index (χ2v) is 12.5. The molecule has 1 aliphatic rings. The van der Waals surface area contributed by atoms with Crippen molar-refractivity contribution >= 4 is 16.9 Å². The Kier molecular flexibility index (Phi) is 9.99. The lowest BCUT2D eigenvalue weighted by Gasteiger charge is -2.30. The Hall–Kier alpha value is -2.61. The lowest BCUT2D eigenvalue weighted by atomic mass is 9.95. The fraction of sp³-hybridized carbons (Fsp3) is 0.500. The first-order valence-corrected chi connectivity index (χ1v) is 13.5. The zero-order chi connectivity index (χ0) is 27.2. The molecule has 1 amide bonds. The second-order valence-electron chi connectivity index (χ2n) is 10.3. The van der Waals surface area contributed by atoms with Crippen molar-refractivity contribution in [3.63, 3.8) is 0 Å². The highest BCUT2D eigenvalue weighted by molar-refractivity contribution is 7.84. The molecular formula is C28H38N4O4S. The standard InChI is InChI=1S/C28H38N4O4S/c1-28(2,3)37(35)32-19-22-18-23(27(34)29-13-16-36-6)30-26(25(22)24(32)12-15-33)21-11-7-9-20(17-21)10-8-14-31(4)5/h7,9,11,17-18,24,33H,12-16,19H2,1-6H3,(H,29,34)/t24-,37?/m1/s1. The predicted molar refractivity (Wildman–Crippen MR) is 147 cm³/mol.